The molecule has 0 bridgehead atoms. The van der Waals surface area contributed by atoms with Crippen molar-refractivity contribution < 1.29 is 9.21 Å². The van der Waals surface area contributed by atoms with E-state index in [0.717, 1.165) is 23.8 Å². The molecule has 0 aliphatic heterocycles. The van der Waals surface area contributed by atoms with Crippen molar-refractivity contribution in [3.05, 3.63) is 40.2 Å². The molecule has 0 spiro atoms. The van der Waals surface area contributed by atoms with Crippen molar-refractivity contribution in [1.29, 1.82) is 0 Å². The van der Waals surface area contributed by atoms with Gasteiger partial charge in [0, 0.05) is 36.0 Å². The Hall–Kier alpha value is -2.54. The molecule has 1 heterocycles. The van der Waals surface area contributed by atoms with E-state index in [2.05, 4.69) is 11.2 Å². The Morgan fingerprint density at radius 2 is 2.14 bits per heavy atom. The van der Waals surface area contributed by atoms with Gasteiger partial charge in [-0.2, -0.15) is 0 Å². The van der Waals surface area contributed by atoms with Crippen molar-refractivity contribution in [1.82, 2.24) is 0 Å². The van der Waals surface area contributed by atoms with Gasteiger partial charge in [-0.15, -0.1) is 12.3 Å². The first-order valence-corrected chi connectivity index (χ1v) is 6.88. The van der Waals surface area contributed by atoms with Crippen LogP contribution in [0.15, 0.2) is 33.5 Å². The Morgan fingerprint density at radius 3 is 2.90 bits per heavy atom. The lowest BCUT2D eigenvalue weighted by atomic mass is 10.1. The van der Waals surface area contributed by atoms with E-state index in [1.165, 1.54) is 6.07 Å². The standard InChI is InChI=1S/C17H17NO3/c1-3-4-5-6-7-16(19)18-13-8-9-14-12(2)10-17(20)21-15(14)11-13/h1,8-11H,4-7H2,2H3,(H,18,19). The Kier molecular flexibility index (Phi) is 4.78. The average molecular weight is 283 g/mol. The third-order valence-electron chi connectivity index (χ3n) is 3.21. The summed E-state index contributed by atoms with van der Waals surface area (Å²) in [6, 6.07) is 6.76. The van der Waals surface area contributed by atoms with E-state index in [0.29, 0.717) is 24.1 Å². The first-order chi connectivity index (χ1) is 10.1. The fourth-order valence-corrected chi connectivity index (χ4v) is 2.14. The number of carbonyl (C=O) groups excluding carboxylic acids is 1. The molecular weight excluding hydrogens is 266 g/mol. The molecule has 1 aromatic heterocycles. The summed E-state index contributed by atoms with van der Waals surface area (Å²) in [7, 11) is 0. The van der Waals surface area contributed by atoms with E-state index in [1.807, 2.05) is 13.0 Å². The predicted octanol–water partition coefficient (Wildman–Crippen LogP) is 3.23. The average Bonchev–Trinajstić information content (AvgIpc) is 2.43. The van der Waals surface area contributed by atoms with Crippen LogP contribution in [0.3, 0.4) is 0 Å². The highest BCUT2D eigenvalue weighted by atomic mass is 16.4. The van der Waals surface area contributed by atoms with Gasteiger partial charge in [0.2, 0.25) is 5.91 Å². The van der Waals surface area contributed by atoms with E-state index >= 15 is 0 Å². The second-order valence-corrected chi connectivity index (χ2v) is 4.92. The molecule has 0 radical (unpaired) electrons. The first-order valence-electron chi connectivity index (χ1n) is 6.88. The maximum Gasteiger partial charge on any atom is 0.336 e. The summed E-state index contributed by atoms with van der Waals surface area (Å²) < 4.78 is 5.15. The Bertz CT molecular complexity index is 753. The number of benzene rings is 1. The van der Waals surface area contributed by atoms with Crippen LogP contribution in [0.25, 0.3) is 11.0 Å². The molecule has 4 nitrogen and oxygen atoms in total. The fraction of sp³-hybridized carbons (Fsp3) is 0.294. The van der Waals surface area contributed by atoms with Crippen molar-refractivity contribution >= 4 is 22.6 Å². The van der Waals surface area contributed by atoms with Crippen LogP contribution in [0.2, 0.25) is 0 Å². The second-order valence-electron chi connectivity index (χ2n) is 4.92. The number of terminal acetylenes is 1. The third-order valence-corrected chi connectivity index (χ3v) is 3.21. The lowest BCUT2D eigenvalue weighted by Gasteiger charge is -2.06. The molecule has 0 atom stereocenters. The van der Waals surface area contributed by atoms with Crippen molar-refractivity contribution in [3.8, 4) is 12.3 Å². The summed E-state index contributed by atoms with van der Waals surface area (Å²) in [4.78, 5) is 23.2. The zero-order chi connectivity index (χ0) is 15.2. The van der Waals surface area contributed by atoms with Crippen LogP contribution in [-0.2, 0) is 4.79 Å². The summed E-state index contributed by atoms with van der Waals surface area (Å²) >= 11 is 0. The van der Waals surface area contributed by atoms with Gasteiger partial charge in [0.05, 0.1) is 0 Å². The molecule has 1 amide bonds. The van der Waals surface area contributed by atoms with Crippen molar-refractivity contribution in [2.24, 2.45) is 0 Å². The van der Waals surface area contributed by atoms with Gasteiger partial charge >= 0.3 is 5.63 Å². The van der Waals surface area contributed by atoms with E-state index in [1.54, 1.807) is 12.1 Å². The van der Waals surface area contributed by atoms with Crippen molar-refractivity contribution in [3.63, 3.8) is 0 Å². The summed E-state index contributed by atoms with van der Waals surface area (Å²) in [5, 5.41) is 3.66. The summed E-state index contributed by atoms with van der Waals surface area (Å²) in [5.74, 6) is 2.48. The van der Waals surface area contributed by atoms with Crippen LogP contribution in [0.1, 0.15) is 31.2 Å². The molecular formula is C17H17NO3. The summed E-state index contributed by atoms with van der Waals surface area (Å²) in [5.41, 5.74) is 1.56. The minimum Gasteiger partial charge on any atom is -0.423 e. The molecule has 0 fully saturated rings. The number of hydrogen-bond acceptors (Lipinski definition) is 3. The summed E-state index contributed by atoms with van der Waals surface area (Å²) in [6.07, 6.45) is 7.88. The molecule has 2 rings (SSSR count). The number of nitrogens with one attached hydrogen (secondary N) is 1. The van der Waals surface area contributed by atoms with Crippen LogP contribution in [0.5, 0.6) is 0 Å². The Balaban J connectivity index is 2.08. The van der Waals surface area contributed by atoms with Crippen molar-refractivity contribution in [2.75, 3.05) is 5.32 Å². The van der Waals surface area contributed by atoms with Gasteiger partial charge in [-0.05, 0) is 37.5 Å². The number of amides is 1. The molecule has 0 saturated carbocycles. The molecule has 108 valence electrons. The van der Waals surface area contributed by atoms with Crippen LogP contribution < -0.4 is 10.9 Å². The topological polar surface area (TPSA) is 59.3 Å². The van der Waals surface area contributed by atoms with Gasteiger partial charge in [-0.3, -0.25) is 4.79 Å². The first kappa shape index (κ1) is 14.9. The number of aryl methyl sites for hydroxylation is 1. The monoisotopic (exact) mass is 283 g/mol. The van der Waals surface area contributed by atoms with E-state index in [9.17, 15) is 9.59 Å². The maximum atomic E-state index is 11.8. The molecule has 4 heteroatoms. The molecule has 21 heavy (non-hydrogen) atoms. The van der Waals surface area contributed by atoms with Gasteiger partial charge in [0.15, 0.2) is 0 Å². The number of fused-ring (bicyclic) bond motifs is 1. The molecule has 0 aliphatic carbocycles. The summed E-state index contributed by atoms with van der Waals surface area (Å²) in [6.45, 7) is 1.85. The number of unbranched alkanes of at least 4 members (excludes halogenated alkanes) is 2. The highest BCUT2D eigenvalue weighted by Crippen LogP contribution is 2.20. The number of rotatable bonds is 5. The maximum absolute atomic E-state index is 11.8. The third kappa shape index (κ3) is 3.96. The Labute approximate surface area is 123 Å². The van der Waals surface area contributed by atoms with Gasteiger partial charge in [-0.25, -0.2) is 4.79 Å². The molecule has 1 aromatic carbocycles. The molecule has 2 aromatic rings. The zero-order valence-electron chi connectivity index (χ0n) is 11.9. The number of hydrogen-bond donors (Lipinski definition) is 1. The van der Waals surface area contributed by atoms with E-state index in [4.69, 9.17) is 10.8 Å². The predicted molar refractivity (Wildman–Crippen MR) is 83.2 cm³/mol. The van der Waals surface area contributed by atoms with Crippen LogP contribution in [0, 0.1) is 19.3 Å². The Morgan fingerprint density at radius 1 is 1.33 bits per heavy atom. The highest BCUT2D eigenvalue weighted by molar-refractivity contribution is 5.93. The second kappa shape index (κ2) is 6.76. The van der Waals surface area contributed by atoms with Crippen LogP contribution >= 0.6 is 0 Å². The van der Waals surface area contributed by atoms with E-state index < -0.39 is 5.63 Å². The zero-order valence-corrected chi connectivity index (χ0v) is 11.9. The minimum atomic E-state index is -0.391. The van der Waals surface area contributed by atoms with Gasteiger partial charge in [-0.1, -0.05) is 0 Å². The van der Waals surface area contributed by atoms with Crippen LogP contribution in [0.4, 0.5) is 5.69 Å². The van der Waals surface area contributed by atoms with Gasteiger partial charge < -0.3 is 9.73 Å². The lowest BCUT2D eigenvalue weighted by Crippen LogP contribution is -2.11. The fourth-order valence-electron chi connectivity index (χ4n) is 2.14. The molecule has 1 N–H and O–H groups in total. The smallest absolute Gasteiger partial charge is 0.336 e. The minimum absolute atomic E-state index is 0.0682. The normalized spacial score (nSPS) is 10.3. The lowest BCUT2D eigenvalue weighted by molar-refractivity contribution is -0.116. The van der Waals surface area contributed by atoms with Crippen molar-refractivity contribution in [2.45, 2.75) is 32.6 Å². The molecule has 0 aliphatic rings. The largest absolute Gasteiger partial charge is 0.423 e. The number of anilines is 1. The van der Waals surface area contributed by atoms with Gasteiger partial charge in [0.25, 0.3) is 0 Å². The number of carbonyl (C=O) groups is 1. The van der Waals surface area contributed by atoms with Gasteiger partial charge in [0.1, 0.15) is 5.58 Å². The van der Waals surface area contributed by atoms with Crippen LogP contribution in [-0.4, -0.2) is 5.91 Å². The molecule has 0 saturated heterocycles. The quantitative estimate of drug-likeness (QED) is 0.520. The SMILES string of the molecule is C#CCCCCC(=O)Nc1ccc2c(C)cc(=O)oc2c1. The molecule has 0 unspecified atom stereocenters. The highest BCUT2D eigenvalue weighted by Gasteiger charge is 2.06. The van der Waals surface area contributed by atoms with E-state index in [-0.39, 0.29) is 5.91 Å².